The number of ether oxygens (including phenoxy) is 6. The van der Waals surface area contributed by atoms with E-state index in [0.29, 0.717) is 23.3 Å². The van der Waals surface area contributed by atoms with Gasteiger partial charge in [-0.15, -0.1) is 0 Å². The molecule has 3 aromatic rings. The van der Waals surface area contributed by atoms with E-state index < -0.39 is 24.5 Å². The minimum absolute atomic E-state index is 0.0319. The number of carbonyl (C=O) groups excluding carboxylic acids is 1. The third-order valence-electron chi connectivity index (χ3n) is 7.02. The molecule has 0 amide bonds. The molecule has 9 nitrogen and oxygen atoms in total. The van der Waals surface area contributed by atoms with E-state index >= 15 is 0 Å². The topological polar surface area (TPSA) is 113 Å². The minimum atomic E-state index is -0.937. The monoisotopic (exact) mass is 538 g/mol. The predicted octanol–water partition coefficient (Wildman–Crippen LogP) is 4.56. The lowest BCUT2D eigenvalue weighted by Crippen LogP contribution is -2.31. The van der Waals surface area contributed by atoms with Crippen molar-refractivity contribution in [2.24, 2.45) is 11.8 Å². The number of methoxy groups -OCH3 is 4. The van der Waals surface area contributed by atoms with Gasteiger partial charge in [-0.3, -0.25) is 0 Å². The average Bonchev–Trinajstić information content (AvgIpc) is 3.36. The summed E-state index contributed by atoms with van der Waals surface area (Å²) in [6, 6.07) is 19.1. The first-order valence-corrected chi connectivity index (χ1v) is 12.6. The van der Waals surface area contributed by atoms with E-state index in [2.05, 4.69) is 0 Å². The molecule has 1 aliphatic rings. The molecule has 2 N–H and O–H groups in total. The SMILES string of the molecule is COc1cc(C[C@H]2[C@H](OC)OC[C@@H]2[C@H](OC(=O)[C@@H](OC)c2ccccc2)c2ccc(O)c(OC)c2)ccc1O. The van der Waals surface area contributed by atoms with Gasteiger partial charge >= 0.3 is 5.97 Å². The second-order valence-corrected chi connectivity index (χ2v) is 9.29. The van der Waals surface area contributed by atoms with Gasteiger partial charge in [0.15, 0.2) is 35.4 Å². The number of rotatable bonds is 11. The van der Waals surface area contributed by atoms with E-state index in [1.807, 2.05) is 18.2 Å². The number of phenolic OH excluding ortho intramolecular Hbond substituents is 2. The summed E-state index contributed by atoms with van der Waals surface area (Å²) in [5.41, 5.74) is 2.18. The molecule has 1 heterocycles. The second kappa shape index (κ2) is 12.8. The van der Waals surface area contributed by atoms with Crippen LogP contribution < -0.4 is 9.47 Å². The molecule has 9 heteroatoms. The summed E-state index contributed by atoms with van der Waals surface area (Å²) >= 11 is 0. The van der Waals surface area contributed by atoms with Crippen molar-refractivity contribution in [1.82, 2.24) is 0 Å². The molecular formula is C30H34O9. The molecule has 5 atom stereocenters. The third-order valence-corrected chi connectivity index (χ3v) is 7.02. The van der Waals surface area contributed by atoms with Crippen molar-refractivity contribution >= 4 is 5.97 Å². The molecule has 1 fully saturated rings. The van der Waals surface area contributed by atoms with Crippen LogP contribution in [-0.4, -0.2) is 57.5 Å². The van der Waals surface area contributed by atoms with Crippen LogP contribution in [0.15, 0.2) is 66.7 Å². The fourth-order valence-electron chi connectivity index (χ4n) is 5.04. The molecular weight excluding hydrogens is 504 g/mol. The Balaban J connectivity index is 1.71. The number of phenols is 2. The number of esters is 1. The smallest absolute Gasteiger partial charge is 0.340 e. The van der Waals surface area contributed by atoms with Crippen molar-refractivity contribution in [2.75, 3.05) is 35.0 Å². The van der Waals surface area contributed by atoms with Gasteiger partial charge in [0, 0.05) is 26.1 Å². The second-order valence-electron chi connectivity index (χ2n) is 9.29. The molecule has 0 aliphatic carbocycles. The first-order chi connectivity index (χ1) is 18.9. The molecule has 0 aromatic heterocycles. The Hall–Kier alpha value is -3.79. The normalized spacial score (nSPS) is 20.3. The standard InChI is InChI=1S/C30H34O9/c1-34-25-15-18(10-12-23(25)31)14-21-22(17-38-30(21)37-4)27(20-11-13-24(32)26(16-20)35-2)39-29(33)28(36-3)19-8-6-5-7-9-19/h5-13,15-16,21-22,27-28,30-32H,14,17H2,1-4H3/t21-,22+,27-,28+,30-/m1/s1. The van der Waals surface area contributed by atoms with Gasteiger partial charge in [0.25, 0.3) is 0 Å². The lowest BCUT2D eigenvalue weighted by Gasteiger charge is -2.30. The van der Waals surface area contributed by atoms with Crippen LogP contribution >= 0.6 is 0 Å². The van der Waals surface area contributed by atoms with Gasteiger partial charge in [-0.2, -0.15) is 0 Å². The molecule has 208 valence electrons. The van der Waals surface area contributed by atoms with Gasteiger partial charge in [0.05, 0.1) is 20.8 Å². The van der Waals surface area contributed by atoms with E-state index in [9.17, 15) is 15.0 Å². The fraction of sp³-hybridized carbons (Fsp3) is 0.367. The molecule has 3 aromatic carbocycles. The van der Waals surface area contributed by atoms with Crippen molar-refractivity contribution in [1.29, 1.82) is 0 Å². The molecule has 0 radical (unpaired) electrons. The summed E-state index contributed by atoms with van der Waals surface area (Å²) < 4.78 is 34.0. The van der Waals surface area contributed by atoms with Crippen LogP contribution in [0.2, 0.25) is 0 Å². The number of hydrogen-bond acceptors (Lipinski definition) is 9. The van der Waals surface area contributed by atoms with E-state index in [1.54, 1.807) is 49.6 Å². The molecule has 0 spiro atoms. The van der Waals surface area contributed by atoms with Gasteiger partial charge in [-0.25, -0.2) is 4.79 Å². The van der Waals surface area contributed by atoms with E-state index in [0.717, 1.165) is 5.56 Å². The molecule has 0 saturated carbocycles. The van der Waals surface area contributed by atoms with Gasteiger partial charge in [0.1, 0.15) is 6.10 Å². The van der Waals surface area contributed by atoms with Crippen molar-refractivity contribution in [3.63, 3.8) is 0 Å². The van der Waals surface area contributed by atoms with Crippen molar-refractivity contribution < 1.29 is 43.4 Å². The summed E-state index contributed by atoms with van der Waals surface area (Å²) in [6.45, 7) is 0.252. The summed E-state index contributed by atoms with van der Waals surface area (Å²) in [5, 5.41) is 20.3. The zero-order valence-electron chi connectivity index (χ0n) is 22.4. The van der Waals surface area contributed by atoms with Gasteiger partial charge < -0.3 is 38.6 Å². The largest absolute Gasteiger partial charge is 0.504 e. The average molecular weight is 539 g/mol. The predicted molar refractivity (Wildman–Crippen MR) is 142 cm³/mol. The maximum Gasteiger partial charge on any atom is 0.340 e. The van der Waals surface area contributed by atoms with Crippen molar-refractivity contribution in [2.45, 2.75) is 24.9 Å². The van der Waals surface area contributed by atoms with Crippen LogP contribution in [-0.2, 0) is 30.2 Å². The Morgan fingerprint density at radius 3 is 2.21 bits per heavy atom. The minimum Gasteiger partial charge on any atom is -0.504 e. The summed E-state index contributed by atoms with van der Waals surface area (Å²) in [6.07, 6.45) is -1.79. The third kappa shape index (κ3) is 6.27. The van der Waals surface area contributed by atoms with Crippen LogP contribution in [0.4, 0.5) is 0 Å². The molecule has 4 rings (SSSR count). The van der Waals surface area contributed by atoms with Crippen LogP contribution in [0.25, 0.3) is 0 Å². The summed E-state index contributed by atoms with van der Waals surface area (Å²) in [7, 11) is 5.97. The number of aromatic hydroxyl groups is 2. The Kier molecular flexibility index (Phi) is 9.29. The van der Waals surface area contributed by atoms with Crippen LogP contribution in [0.1, 0.15) is 28.9 Å². The number of benzene rings is 3. The first-order valence-electron chi connectivity index (χ1n) is 12.6. The van der Waals surface area contributed by atoms with Crippen LogP contribution in [0, 0.1) is 11.8 Å². The molecule has 1 saturated heterocycles. The number of carbonyl (C=O) groups is 1. The van der Waals surface area contributed by atoms with Crippen molar-refractivity contribution in [3.05, 3.63) is 83.4 Å². The highest BCUT2D eigenvalue weighted by Crippen LogP contribution is 2.44. The highest BCUT2D eigenvalue weighted by molar-refractivity contribution is 5.77. The van der Waals surface area contributed by atoms with Gasteiger partial charge in [0.2, 0.25) is 0 Å². The number of hydrogen-bond donors (Lipinski definition) is 2. The van der Waals surface area contributed by atoms with Gasteiger partial charge in [-0.1, -0.05) is 42.5 Å². The van der Waals surface area contributed by atoms with E-state index in [1.165, 1.54) is 27.4 Å². The van der Waals surface area contributed by atoms with Crippen molar-refractivity contribution in [3.8, 4) is 23.0 Å². The molecule has 0 unspecified atom stereocenters. The van der Waals surface area contributed by atoms with Crippen LogP contribution in [0.5, 0.6) is 23.0 Å². The fourth-order valence-corrected chi connectivity index (χ4v) is 5.04. The first kappa shape index (κ1) is 28.2. The highest BCUT2D eigenvalue weighted by Gasteiger charge is 2.45. The summed E-state index contributed by atoms with van der Waals surface area (Å²) in [5.74, 6) is -0.516. The Morgan fingerprint density at radius 2 is 1.56 bits per heavy atom. The Bertz CT molecular complexity index is 1250. The molecule has 0 bridgehead atoms. The molecule has 1 aliphatic heterocycles. The Morgan fingerprint density at radius 1 is 0.897 bits per heavy atom. The van der Waals surface area contributed by atoms with E-state index in [4.69, 9.17) is 28.4 Å². The Labute approximate surface area is 227 Å². The summed E-state index contributed by atoms with van der Waals surface area (Å²) in [4.78, 5) is 13.5. The molecule has 39 heavy (non-hydrogen) atoms. The lowest BCUT2D eigenvalue weighted by molar-refractivity contribution is -0.166. The zero-order chi connectivity index (χ0) is 27.9. The van der Waals surface area contributed by atoms with E-state index in [-0.39, 0.29) is 35.7 Å². The zero-order valence-corrected chi connectivity index (χ0v) is 22.4. The quantitative estimate of drug-likeness (QED) is 0.339. The maximum absolute atomic E-state index is 13.5. The lowest BCUT2D eigenvalue weighted by atomic mass is 9.82. The highest BCUT2D eigenvalue weighted by atomic mass is 16.7. The van der Waals surface area contributed by atoms with Crippen LogP contribution in [0.3, 0.4) is 0 Å². The maximum atomic E-state index is 13.5. The van der Waals surface area contributed by atoms with Gasteiger partial charge in [-0.05, 0) is 47.4 Å².